The van der Waals surface area contributed by atoms with Gasteiger partial charge in [0, 0.05) is 6.20 Å². The summed E-state index contributed by atoms with van der Waals surface area (Å²) in [5.41, 5.74) is 0.0353. The fourth-order valence-corrected chi connectivity index (χ4v) is 1.14. The monoisotopic (exact) mass is 215 g/mol. The zero-order valence-electron chi connectivity index (χ0n) is 8.28. The Hall–Kier alpha value is -2.43. The van der Waals surface area contributed by atoms with E-state index in [0.29, 0.717) is 5.82 Å². The molecule has 0 amide bonds. The fourth-order valence-electron chi connectivity index (χ4n) is 1.14. The molecule has 1 aromatic carbocycles. The summed E-state index contributed by atoms with van der Waals surface area (Å²) in [4.78, 5) is 3.93. The topological polar surface area (TPSA) is 78.1 Å². The zero-order valence-corrected chi connectivity index (χ0v) is 8.28. The predicted molar refractivity (Wildman–Crippen MR) is 58.2 cm³/mol. The number of azo groups is 1. The van der Waals surface area contributed by atoms with Crippen molar-refractivity contribution in [3.05, 3.63) is 42.6 Å². The highest BCUT2D eigenvalue weighted by Crippen LogP contribution is 2.35. The van der Waals surface area contributed by atoms with Crippen molar-refractivity contribution in [2.45, 2.75) is 0 Å². The summed E-state index contributed by atoms with van der Waals surface area (Å²) in [6, 6.07) is 9.56. The number of phenolic OH excluding ortho intramolecular Hbond substituents is 2. The van der Waals surface area contributed by atoms with Gasteiger partial charge in [0.1, 0.15) is 11.5 Å². The molecule has 0 aliphatic rings. The minimum Gasteiger partial charge on any atom is -0.505 e. The molecule has 1 aromatic heterocycles. The molecule has 0 aliphatic carbocycles. The van der Waals surface area contributed by atoms with Crippen LogP contribution in [-0.4, -0.2) is 15.2 Å². The third kappa shape index (κ3) is 2.14. The number of nitrogens with zero attached hydrogens (tertiary/aromatic N) is 3. The molecule has 5 nitrogen and oxygen atoms in total. The third-order valence-electron chi connectivity index (χ3n) is 1.90. The van der Waals surface area contributed by atoms with Crippen molar-refractivity contribution < 1.29 is 10.2 Å². The Labute approximate surface area is 91.7 Å². The van der Waals surface area contributed by atoms with Crippen LogP contribution < -0.4 is 0 Å². The number of benzene rings is 1. The van der Waals surface area contributed by atoms with Crippen molar-refractivity contribution in [1.82, 2.24) is 4.98 Å². The maximum absolute atomic E-state index is 9.44. The summed E-state index contributed by atoms with van der Waals surface area (Å²) >= 11 is 0. The first-order chi connectivity index (χ1) is 7.77. The van der Waals surface area contributed by atoms with Gasteiger partial charge in [0.25, 0.3) is 0 Å². The number of phenols is 2. The lowest BCUT2D eigenvalue weighted by Crippen LogP contribution is -1.71. The van der Waals surface area contributed by atoms with Crippen LogP contribution in [0.5, 0.6) is 11.5 Å². The standard InChI is InChI=1S/C11H9N3O2/c15-8-4-3-5-9(16)11(8)14-13-10-6-1-2-7-12-10/h1-7,15-16H/b14-13+. The van der Waals surface area contributed by atoms with E-state index in [-0.39, 0.29) is 17.2 Å². The van der Waals surface area contributed by atoms with Crippen LogP contribution in [-0.2, 0) is 0 Å². The maximum atomic E-state index is 9.44. The molecule has 0 atom stereocenters. The van der Waals surface area contributed by atoms with Crippen molar-refractivity contribution in [3.8, 4) is 11.5 Å². The van der Waals surface area contributed by atoms with Gasteiger partial charge < -0.3 is 10.2 Å². The molecule has 2 rings (SSSR count). The summed E-state index contributed by atoms with van der Waals surface area (Å²) in [7, 11) is 0. The lowest BCUT2D eigenvalue weighted by molar-refractivity contribution is 0.452. The van der Waals surface area contributed by atoms with Crippen molar-refractivity contribution in [2.24, 2.45) is 10.2 Å². The first kappa shape index (κ1) is 10.1. The molecule has 0 saturated heterocycles. The highest BCUT2D eigenvalue weighted by atomic mass is 16.3. The Bertz CT molecular complexity index is 492. The zero-order chi connectivity index (χ0) is 11.4. The van der Waals surface area contributed by atoms with E-state index in [9.17, 15) is 10.2 Å². The number of rotatable bonds is 2. The van der Waals surface area contributed by atoms with E-state index in [1.165, 1.54) is 18.2 Å². The van der Waals surface area contributed by atoms with Crippen LogP contribution in [0, 0.1) is 0 Å². The largest absolute Gasteiger partial charge is 0.505 e. The summed E-state index contributed by atoms with van der Waals surface area (Å²) in [6.45, 7) is 0. The van der Waals surface area contributed by atoms with E-state index >= 15 is 0 Å². The summed E-state index contributed by atoms with van der Waals surface area (Å²) in [5, 5.41) is 26.4. The molecular weight excluding hydrogens is 206 g/mol. The number of pyridine rings is 1. The van der Waals surface area contributed by atoms with Crippen molar-refractivity contribution in [1.29, 1.82) is 0 Å². The van der Waals surface area contributed by atoms with Gasteiger partial charge in [-0.05, 0) is 24.3 Å². The normalized spacial score (nSPS) is 10.8. The Morgan fingerprint density at radius 2 is 1.62 bits per heavy atom. The quantitative estimate of drug-likeness (QED) is 0.756. The minimum atomic E-state index is -0.125. The average molecular weight is 215 g/mol. The number of aromatic hydroxyl groups is 2. The predicted octanol–water partition coefficient (Wildman–Crippen LogP) is 2.91. The van der Waals surface area contributed by atoms with Gasteiger partial charge in [-0.15, -0.1) is 10.2 Å². The van der Waals surface area contributed by atoms with Gasteiger partial charge >= 0.3 is 0 Å². The SMILES string of the molecule is Oc1cccc(O)c1/N=N/c1ccccn1. The lowest BCUT2D eigenvalue weighted by Gasteiger charge is -1.99. The molecule has 0 spiro atoms. The molecule has 0 fully saturated rings. The second-order valence-electron chi connectivity index (χ2n) is 3.03. The number of hydrogen-bond donors (Lipinski definition) is 2. The fraction of sp³-hybridized carbons (Fsp3) is 0. The Morgan fingerprint density at radius 3 is 2.25 bits per heavy atom. The molecule has 0 saturated carbocycles. The summed E-state index contributed by atoms with van der Waals surface area (Å²) in [5.74, 6) is 0.157. The number of hydrogen-bond acceptors (Lipinski definition) is 5. The van der Waals surface area contributed by atoms with Gasteiger partial charge in [-0.25, -0.2) is 4.98 Å². The van der Waals surface area contributed by atoms with Gasteiger partial charge in [0.15, 0.2) is 11.5 Å². The third-order valence-corrected chi connectivity index (χ3v) is 1.90. The first-order valence-corrected chi connectivity index (χ1v) is 4.61. The highest BCUT2D eigenvalue weighted by molar-refractivity contribution is 5.60. The van der Waals surface area contributed by atoms with Gasteiger partial charge in [0.2, 0.25) is 0 Å². The molecule has 0 aliphatic heterocycles. The van der Waals surface area contributed by atoms with E-state index in [2.05, 4.69) is 15.2 Å². The van der Waals surface area contributed by atoms with Crippen LogP contribution >= 0.6 is 0 Å². The average Bonchev–Trinajstić information content (AvgIpc) is 2.30. The van der Waals surface area contributed by atoms with E-state index in [0.717, 1.165) is 0 Å². The molecule has 1 heterocycles. The Balaban J connectivity index is 2.31. The van der Waals surface area contributed by atoms with Crippen LogP contribution in [0.2, 0.25) is 0 Å². The van der Waals surface area contributed by atoms with Gasteiger partial charge in [-0.3, -0.25) is 0 Å². The van der Waals surface area contributed by atoms with Crippen LogP contribution in [0.3, 0.4) is 0 Å². The van der Waals surface area contributed by atoms with E-state index in [1.54, 1.807) is 24.4 Å². The summed E-state index contributed by atoms with van der Waals surface area (Å²) < 4.78 is 0. The van der Waals surface area contributed by atoms with E-state index in [4.69, 9.17) is 0 Å². The van der Waals surface area contributed by atoms with E-state index in [1.807, 2.05) is 0 Å². The van der Waals surface area contributed by atoms with Crippen LogP contribution in [0.15, 0.2) is 52.8 Å². The Morgan fingerprint density at radius 1 is 0.875 bits per heavy atom. The van der Waals surface area contributed by atoms with Crippen LogP contribution in [0.25, 0.3) is 0 Å². The minimum absolute atomic E-state index is 0.0353. The van der Waals surface area contributed by atoms with Gasteiger partial charge in [-0.2, -0.15) is 0 Å². The number of aromatic nitrogens is 1. The smallest absolute Gasteiger partial charge is 0.174 e. The lowest BCUT2D eigenvalue weighted by atomic mass is 10.3. The van der Waals surface area contributed by atoms with Crippen LogP contribution in [0.4, 0.5) is 11.5 Å². The molecule has 2 aromatic rings. The van der Waals surface area contributed by atoms with Crippen molar-refractivity contribution in [2.75, 3.05) is 0 Å². The van der Waals surface area contributed by atoms with Crippen LogP contribution in [0.1, 0.15) is 0 Å². The molecular formula is C11H9N3O2. The van der Waals surface area contributed by atoms with Gasteiger partial charge in [-0.1, -0.05) is 12.1 Å². The molecule has 80 valence electrons. The van der Waals surface area contributed by atoms with Gasteiger partial charge in [0.05, 0.1) is 0 Å². The first-order valence-electron chi connectivity index (χ1n) is 4.61. The molecule has 0 bridgehead atoms. The summed E-state index contributed by atoms with van der Waals surface area (Å²) in [6.07, 6.45) is 1.58. The maximum Gasteiger partial charge on any atom is 0.174 e. The molecule has 0 unspecified atom stereocenters. The van der Waals surface area contributed by atoms with Crippen molar-refractivity contribution in [3.63, 3.8) is 0 Å². The molecule has 5 heteroatoms. The van der Waals surface area contributed by atoms with E-state index < -0.39 is 0 Å². The second-order valence-corrected chi connectivity index (χ2v) is 3.03. The molecule has 0 radical (unpaired) electrons. The second kappa shape index (κ2) is 4.39. The molecule has 2 N–H and O–H groups in total. The Kier molecular flexibility index (Phi) is 2.77. The van der Waals surface area contributed by atoms with Crippen molar-refractivity contribution >= 4 is 11.5 Å². The highest BCUT2D eigenvalue weighted by Gasteiger charge is 2.04. The molecule has 16 heavy (non-hydrogen) atoms.